The molecule has 2 aromatic carbocycles. The normalized spacial score (nSPS) is 16.2. The van der Waals surface area contributed by atoms with Gasteiger partial charge in [-0.1, -0.05) is 12.1 Å². The predicted molar refractivity (Wildman–Crippen MR) is 102 cm³/mol. The van der Waals surface area contributed by atoms with E-state index in [0.29, 0.717) is 17.9 Å². The highest BCUT2D eigenvalue weighted by atomic mass is 16.7. The molecule has 6 nitrogen and oxygen atoms in total. The Morgan fingerprint density at radius 2 is 1.89 bits per heavy atom. The Morgan fingerprint density at radius 1 is 1.07 bits per heavy atom. The molecule has 0 radical (unpaired) electrons. The van der Waals surface area contributed by atoms with Crippen LogP contribution in [0.2, 0.25) is 0 Å². The van der Waals surface area contributed by atoms with Gasteiger partial charge in [0.25, 0.3) is 0 Å². The van der Waals surface area contributed by atoms with Crippen LogP contribution in [-0.2, 0) is 21.4 Å². The van der Waals surface area contributed by atoms with Gasteiger partial charge in [0.05, 0.1) is 12.5 Å². The van der Waals surface area contributed by atoms with E-state index in [1.54, 1.807) is 6.07 Å². The van der Waals surface area contributed by atoms with Crippen LogP contribution in [0.3, 0.4) is 0 Å². The first-order valence-electron chi connectivity index (χ1n) is 9.22. The standard InChI is InChI=1S/C22H19NO5/c1-26-21(25)17-10-14-8-13(2-4-16(14)23-17)9-20(24)22(6-7-22)15-3-5-18-19(11-15)28-12-27-18/h2-5,8,10-11,23H,6-7,9,12H2,1H3. The molecule has 2 aliphatic rings. The molecule has 3 aromatic rings. The molecule has 1 N–H and O–H groups in total. The first kappa shape index (κ1) is 16.9. The predicted octanol–water partition coefficient (Wildman–Crippen LogP) is 3.53. The Balaban J connectivity index is 1.39. The maximum atomic E-state index is 13.1. The van der Waals surface area contributed by atoms with Crippen molar-refractivity contribution >= 4 is 22.7 Å². The van der Waals surface area contributed by atoms with Crippen molar-refractivity contribution in [2.24, 2.45) is 0 Å². The molecule has 1 aliphatic heterocycles. The van der Waals surface area contributed by atoms with Gasteiger partial charge >= 0.3 is 5.97 Å². The summed E-state index contributed by atoms with van der Waals surface area (Å²) in [6.07, 6.45) is 2.05. The quantitative estimate of drug-likeness (QED) is 0.689. The molecule has 1 fully saturated rings. The van der Waals surface area contributed by atoms with E-state index >= 15 is 0 Å². The van der Waals surface area contributed by atoms with Crippen molar-refractivity contribution in [3.63, 3.8) is 0 Å². The van der Waals surface area contributed by atoms with Crippen molar-refractivity contribution in [2.45, 2.75) is 24.7 Å². The largest absolute Gasteiger partial charge is 0.464 e. The van der Waals surface area contributed by atoms with Crippen molar-refractivity contribution in [1.82, 2.24) is 4.98 Å². The lowest BCUT2D eigenvalue weighted by Crippen LogP contribution is -2.22. The van der Waals surface area contributed by atoms with E-state index < -0.39 is 11.4 Å². The molecule has 0 spiro atoms. The third-order valence-corrected chi connectivity index (χ3v) is 5.66. The van der Waals surface area contributed by atoms with Gasteiger partial charge in [0, 0.05) is 17.3 Å². The number of hydrogen-bond donors (Lipinski definition) is 1. The topological polar surface area (TPSA) is 77.6 Å². The highest BCUT2D eigenvalue weighted by molar-refractivity contribution is 5.97. The lowest BCUT2D eigenvalue weighted by atomic mass is 9.87. The molecule has 0 saturated heterocycles. The molecule has 0 unspecified atom stereocenters. The monoisotopic (exact) mass is 377 g/mol. The summed E-state index contributed by atoms with van der Waals surface area (Å²) in [6.45, 7) is 0.226. The van der Waals surface area contributed by atoms with Crippen molar-refractivity contribution in [1.29, 1.82) is 0 Å². The number of esters is 1. The van der Waals surface area contributed by atoms with Crippen LogP contribution < -0.4 is 9.47 Å². The number of aromatic nitrogens is 1. The Labute approximate surface area is 161 Å². The Morgan fingerprint density at radius 3 is 2.68 bits per heavy atom. The summed E-state index contributed by atoms with van der Waals surface area (Å²) >= 11 is 0. The summed E-state index contributed by atoms with van der Waals surface area (Å²) in [5.74, 6) is 1.23. The number of benzene rings is 2. The van der Waals surface area contributed by atoms with Gasteiger partial charge in [-0.2, -0.15) is 0 Å². The average molecular weight is 377 g/mol. The molecule has 142 valence electrons. The van der Waals surface area contributed by atoms with E-state index in [2.05, 4.69) is 4.98 Å². The Bertz CT molecular complexity index is 1110. The third kappa shape index (κ3) is 2.64. The summed E-state index contributed by atoms with van der Waals surface area (Å²) in [4.78, 5) is 27.9. The van der Waals surface area contributed by atoms with Gasteiger partial charge in [-0.05, 0) is 54.3 Å². The number of nitrogens with one attached hydrogen (secondary N) is 1. The molecule has 1 aliphatic carbocycles. The fraction of sp³-hybridized carbons (Fsp3) is 0.273. The number of H-pyrrole nitrogens is 1. The first-order valence-corrected chi connectivity index (χ1v) is 9.22. The zero-order valence-electron chi connectivity index (χ0n) is 15.4. The maximum Gasteiger partial charge on any atom is 0.354 e. The van der Waals surface area contributed by atoms with Gasteiger partial charge in [0.1, 0.15) is 11.5 Å². The molecular weight excluding hydrogens is 358 g/mol. The third-order valence-electron chi connectivity index (χ3n) is 5.66. The zero-order chi connectivity index (χ0) is 19.3. The smallest absolute Gasteiger partial charge is 0.354 e. The van der Waals surface area contributed by atoms with Crippen LogP contribution in [0.4, 0.5) is 0 Å². The molecule has 2 heterocycles. The average Bonchev–Trinajstić information content (AvgIpc) is 3.20. The van der Waals surface area contributed by atoms with E-state index in [0.717, 1.165) is 40.6 Å². The molecule has 1 aromatic heterocycles. The second-order valence-corrected chi connectivity index (χ2v) is 7.35. The van der Waals surface area contributed by atoms with Gasteiger partial charge in [-0.15, -0.1) is 0 Å². The van der Waals surface area contributed by atoms with E-state index in [-0.39, 0.29) is 12.6 Å². The molecule has 0 bridgehead atoms. The highest BCUT2D eigenvalue weighted by Crippen LogP contribution is 2.51. The summed E-state index contributed by atoms with van der Waals surface area (Å²) in [6, 6.07) is 13.3. The molecule has 0 amide bonds. The van der Waals surface area contributed by atoms with Crippen molar-refractivity contribution < 1.29 is 23.8 Å². The van der Waals surface area contributed by atoms with Crippen LogP contribution in [0, 0.1) is 0 Å². The summed E-state index contributed by atoms with van der Waals surface area (Å²) in [7, 11) is 1.35. The molecule has 6 heteroatoms. The van der Waals surface area contributed by atoms with Crippen LogP contribution in [0.1, 0.15) is 34.5 Å². The molecule has 0 atom stereocenters. The fourth-order valence-electron chi connectivity index (χ4n) is 3.91. The minimum atomic E-state index is -0.425. The first-order chi connectivity index (χ1) is 13.6. The number of carbonyl (C=O) groups excluding carboxylic acids is 2. The highest BCUT2D eigenvalue weighted by Gasteiger charge is 2.50. The van der Waals surface area contributed by atoms with Gasteiger partial charge in [0.2, 0.25) is 6.79 Å². The van der Waals surface area contributed by atoms with Crippen molar-refractivity contribution in [3.05, 3.63) is 59.3 Å². The molecule has 28 heavy (non-hydrogen) atoms. The number of hydrogen-bond acceptors (Lipinski definition) is 5. The number of aromatic amines is 1. The van der Waals surface area contributed by atoms with Crippen LogP contribution >= 0.6 is 0 Å². The molecular formula is C22H19NO5. The lowest BCUT2D eigenvalue weighted by Gasteiger charge is -2.15. The second-order valence-electron chi connectivity index (χ2n) is 7.35. The number of rotatable bonds is 5. The second kappa shape index (κ2) is 6.12. The van der Waals surface area contributed by atoms with Gasteiger partial charge in [0.15, 0.2) is 11.5 Å². The summed E-state index contributed by atoms with van der Waals surface area (Å²) in [5.41, 5.74) is 2.75. The lowest BCUT2D eigenvalue weighted by molar-refractivity contribution is -0.120. The molecule has 1 saturated carbocycles. The maximum absolute atomic E-state index is 13.1. The zero-order valence-corrected chi connectivity index (χ0v) is 15.4. The van der Waals surface area contributed by atoms with Crippen molar-refractivity contribution in [2.75, 3.05) is 13.9 Å². The van der Waals surface area contributed by atoms with E-state index in [1.165, 1.54) is 7.11 Å². The minimum Gasteiger partial charge on any atom is -0.464 e. The van der Waals surface area contributed by atoms with Crippen LogP contribution in [0.15, 0.2) is 42.5 Å². The van der Waals surface area contributed by atoms with E-state index in [1.807, 2.05) is 36.4 Å². The van der Waals surface area contributed by atoms with Gasteiger partial charge < -0.3 is 19.2 Å². The fourth-order valence-corrected chi connectivity index (χ4v) is 3.91. The number of carbonyl (C=O) groups is 2. The number of Topliss-reactive ketones (excluding diaryl/α,β-unsaturated/α-hetero) is 1. The SMILES string of the molecule is COC(=O)c1cc2cc(CC(=O)C3(c4ccc5c(c4)OCO5)CC3)ccc2[nH]1. The molecule has 5 rings (SSSR count). The number of ether oxygens (including phenoxy) is 3. The number of ketones is 1. The Kier molecular flexibility index (Phi) is 3.69. The van der Waals surface area contributed by atoms with Gasteiger partial charge in [-0.3, -0.25) is 4.79 Å². The Hall–Kier alpha value is -3.28. The minimum absolute atomic E-state index is 0.203. The van der Waals surface area contributed by atoms with Crippen LogP contribution in [0.5, 0.6) is 11.5 Å². The summed E-state index contributed by atoms with van der Waals surface area (Å²) in [5, 5.41) is 0.888. The summed E-state index contributed by atoms with van der Waals surface area (Å²) < 4.78 is 15.6. The van der Waals surface area contributed by atoms with Crippen molar-refractivity contribution in [3.8, 4) is 11.5 Å². The number of fused-ring (bicyclic) bond motifs is 2. The van der Waals surface area contributed by atoms with E-state index in [4.69, 9.17) is 14.2 Å². The van der Waals surface area contributed by atoms with Gasteiger partial charge in [-0.25, -0.2) is 4.79 Å². The van der Waals surface area contributed by atoms with Crippen LogP contribution in [0.25, 0.3) is 10.9 Å². The number of methoxy groups -OCH3 is 1. The van der Waals surface area contributed by atoms with Crippen LogP contribution in [-0.4, -0.2) is 30.6 Å². The van der Waals surface area contributed by atoms with E-state index in [9.17, 15) is 9.59 Å².